The molecular weight excluding hydrogens is 362 g/mol. The molecule has 1 fully saturated rings. The molecule has 0 bridgehead atoms. The summed E-state index contributed by atoms with van der Waals surface area (Å²) in [7, 11) is 0. The molecule has 27 heavy (non-hydrogen) atoms. The lowest BCUT2D eigenvalue weighted by molar-refractivity contribution is 0.0358. The zero-order valence-electron chi connectivity index (χ0n) is 16.4. The first-order chi connectivity index (χ1) is 13.0. The number of benzene rings is 1. The molecule has 3 N–H and O–H groups in total. The molecule has 0 aromatic heterocycles. The van der Waals surface area contributed by atoms with E-state index in [9.17, 15) is 5.11 Å². The normalized spacial score (nSPS) is 16.1. The van der Waals surface area contributed by atoms with Gasteiger partial charge in [0.2, 0.25) is 0 Å². The third-order valence-corrected chi connectivity index (χ3v) is 4.64. The van der Waals surface area contributed by atoms with E-state index in [1.807, 2.05) is 38.1 Å². The summed E-state index contributed by atoms with van der Waals surface area (Å²) in [4.78, 5) is 2.41. The van der Waals surface area contributed by atoms with Crippen molar-refractivity contribution in [1.29, 1.82) is 0 Å². The van der Waals surface area contributed by atoms with Crippen molar-refractivity contribution in [3.63, 3.8) is 0 Å². The first-order valence-corrected chi connectivity index (χ1v) is 10.2. The van der Waals surface area contributed by atoms with Crippen LogP contribution in [0.1, 0.15) is 38.4 Å². The van der Waals surface area contributed by atoms with Crippen LogP contribution in [-0.2, 0) is 4.74 Å². The molecule has 1 unspecified atom stereocenters. The maximum atomic E-state index is 10.3. The van der Waals surface area contributed by atoms with E-state index in [-0.39, 0.29) is 0 Å². The molecule has 0 radical (unpaired) electrons. The van der Waals surface area contributed by atoms with Gasteiger partial charge in [0, 0.05) is 32.2 Å². The monoisotopic (exact) mass is 395 g/mol. The molecular formula is C20H33N3O3S. The maximum Gasteiger partial charge on any atom is 0.166 e. The number of nitrogens with zero attached hydrogens (tertiary/aromatic N) is 1. The number of morpholine rings is 1. The molecule has 152 valence electrons. The fourth-order valence-corrected chi connectivity index (χ4v) is 3.23. The Bertz CT molecular complexity index is 548. The van der Waals surface area contributed by atoms with Gasteiger partial charge in [-0.3, -0.25) is 4.90 Å². The lowest BCUT2D eigenvalue weighted by Crippen LogP contribution is -2.39. The molecule has 1 atom stereocenters. The SMILES string of the molecule is CC(C)NC(=S)NCCC(O)c1ccc(OCCCN2CCOCC2)cc1. The van der Waals surface area contributed by atoms with Gasteiger partial charge in [-0.2, -0.15) is 0 Å². The van der Waals surface area contributed by atoms with E-state index in [1.165, 1.54) is 0 Å². The topological polar surface area (TPSA) is 66.0 Å². The number of thiocarbonyl (C=S) groups is 1. The van der Waals surface area contributed by atoms with Crippen LogP contribution in [0.2, 0.25) is 0 Å². The fourth-order valence-electron chi connectivity index (χ4n) is 2.89. The van der Waals surface area contributed by atoms with Crippen LogP contribution in [-0.4, -0.2) is 67.2 Å². The van der Waals surface area contributed by atoms with Crippen molar-refractivity contribution >= 4 is 17.3 Å². The largest absolute Gasteiger partial charge is 0.494 e. The molecule has 1 heterocycles. The van der Waals surface area contributed by atoms with Crippen LogP contribution in [0.5, 0.6) is 5.75 Å². The van der Waals surface area contributed by atoms with E-state index in [4.69, 9.17) is 21.7 Å². The summed E-state index contributed by atoms with van der Waals surface area (Å²) in [5.41, 5.74) is 0.889. The molecule has 1 aliphatic heterocycles. The zero-order valence-corrected chi connectivity index (χ0v) is 17.3. The van der Waals surface area contributed by atoms with Crippen molar-refractivity contribution in [1.82, 2.24) is 15.5 Å². The van der Waals surface area contributed by atoms with Gasteiger partial charge in [-0.25, -0.2) is 0 Å². The van der Waals surface area contributed by atoms with Crippen molar-refractivity contribution in [2.75, 3.05) is 46.0 Å². The van der Waals surface area contributed by atoms with Crippen molar-refractivity contribution < 1.29 is 14.6 Å². The van der Waals surface area contributed by atoms with Crippen LogP contribution in [0.4, 0.5) is 0 Å². The molecule has 1 aromatic rings. The van der Waals surface area contributed by atoms with Gasteiger partial charge in [0.15, 0.2) is 5.11 Å². The number of aliphatic hydroxyl groups is 1. The number of rotatable bonds is 10. The van der Waals surface area contributed by atoms with Crippen molar-refractivity contribution in [3.05, 3.63) is 29.8 Å². The summed E-state index contributed by atoms with van der Waals surface area (Å²) in [6, 6.07) is 7.99. The van der Waals surface area contributed by atoms with E-state index in [0.29, 0.717) is 30.7 Å². The number of aliphatic hydroxyl groups excluding tert-OH is 1. The minimum absolute atomic E-state index is 0.302. The molecule has 0 amide bonds. The quantitative estimate of drug-likeness (QED) is 0.414. The smallest absolute Gasteiger partial charge is 0.166 e. The van der Waals surface area contributed by atoms with Crippen LogP contribution in [0.15, 0.2) is 24.3 Å². The molecule has 1 aromatic carbocycles. The van der Waals surface area contributed by atoms with Gasteiger partial charge >= 0.3 is 0 Å². The van der Waals surface area contributed by atoms with Crippen molar-refractivity contribution in [2.45, 2.75) is 38.8 Å². The second-order valence-corrected chi connectivity index (χ2v) is 7.49. The van der Waals surface area contributed by atoms with Gasteiger partial charge in [0.05, 0.1) is 25.9 Å². The zero-order chi connectivity index (χ0) is 19.5. The van der Waals surface area contributed by atoms with Crippen LogP contribution in [0.25, 0.3) is 0 Å². The van der Waals surface area contributed by atoms with E-state index in [1.54, 1.807) is 0 Å². The van der Waals surface area contributed by atoms with Crippen LogP contribution in [0, 0.1) is 0 Å². The average Bonchev–Trinajstić information content (AvgIpc) is 2.66. The standard InChI is InChI=1S/C20H33N3O3S/c1-16(2)22-20(27)21-9-8-19(24)17-4-6-18(7-5-17)26-13-3-10-23-11-14-25-15-12-23/h4-7,16,19,24H,3,8-15H2,1-2H3,(H2,21,22,27). The number of hydrogen-bond acceptors (Lipinski definition) is 5. The summed E-state index contributed by atoms with van der Waals surface area (Å²) in [6.45, 7) is 10.1. The van der Waals surface area contributed by atoms with Crippen LogP contribution >= 0.6 is 12.2 Å². The van der Waals surface area contributed by atoms with E-state index in [2.05, 4.69) is 15.5 Å². The van der Waals surface area contributed by atoms with Gasteiger partial charge in [-0.05, 0) is 56.6 Å². The Labute approximate surface area is 168 Å². The van der Waals surface area contributed by atoms with E-state index < -0.39 is 6.10 Å². The lowest BCUT2D eigenvalue weighted by atomic mass is 10.1. The highest BCUT2D eigenvalue weighted by molar-refractivity contribution is 7.80. The summed E-state index contributed by atoms with van der Waals surface area (Å²) < 4.78 is 11.2. The van der Waals surface area contributed by atoms with Gasteiger partial charge in [-0.1, -0.05) is 12.1 Å². The van der Waals surface area contributed by atoms with Crippen molar-refractivity contribution in [3.8, 4) is 5.75 Å². The average molecular weight is 396 g/mol. The van der Waals surface area contributed by atoms with Crippen LogP contribution in [0.3, 0.4) is 0 Å². The predicted molar refractivity (Wildman–Crippen MR) is 112 cm³/mol. The molecule has 6 nitrogen and oxygen atoms in total. The highest BCUT2D eigenvalue weighted by Gasteiger charge is 2.10. The molecule has 0 saturated carbocycles. The maximum absolute atomic E-state index is 10.3. The highest BCUT2D eigenvalue weighted by Crippen LogP contribution is 2.20. The molecule has 1 saturated heterocycles. The number of nitrogens with one attached hydrogen (secondary N) is 2. The number of ether oxygens (including phenoxy) is 2. The third-order valence-electron chi connectivity index (χ3n) is 4.38. The second kappa shape index (κ2) is 12.1. The van der Waals surface area contributed by atoms with Crippen molar-refractivity contribution in [2.24, 2.45) is 0 Å². The Hall–Kier alpha value is -1.41. The Morgan fingerprint density at radius 3 is 2.63 bits per heavy atom. The summed E-state index contributed by atoms with van der Waals surface area (Å²) in [5, 5.41) is 17.2. The highest BCUT2D eigenvalue weighted by atomic mass is 32.1. The van der Waals surface area contributed by atoms with Crippen LogP contribution < -0.4 is 15.4 Å². The molecule has 2 rings (SSSR count). The minimum atomic E-state index is -0.519. The lowest BCUT2D eigenvalue weighted by Gasteiger charge is -2.26. The predicted octanol–water partition coefficient (Wildman–Crippen LogP) is 2.08. The Morgan fingerprint density at radius 2 is 1.96 bits per heavy atom. The Kier molecular flexibility index (Phi) is 9.83. The van der Waals surface area contributed by atoms with E-state index >= 15 is 0 Å². The van der Waals surface area contributed by atoms with Gasteiger partial charge < -0.3 is 25.2 Å². The molecule has 0 aliphatic carbocycles. The van der Waals surface area contributed by atoms with Gasteiger partial charge in [0.25, 0.3) is 0 Å². The molecule has 1 aliphatic rings. The first-order valence-electron chi connectivity index (χ1n) is 9.80. The summed E-state index contributed by atoms with van der Waals surface area (Å²) in [5.74, 6) is 0.841. The Morgan fingerprint density at radius 1 is 1.26 bits per heavy atom. The third kappa shape index (κ3) is 8.88. The fraction of sp³-hybridized carbons (Fsp3) is 0.650. The molecule has 0 spiro atoms. The summed E-state index contributed by atoms with van der Waals surface area (Å²) >= 11 is 5.18. The van der Waals surface area contributed by atoms with Gasteiger partial charge in [0.1, 0.15) is 5.75 Å². The molecule has 7 heteroatoms. The second-order valence-electron chi connectivity index (χ2n) is 7.08. The number of hydrogen-bond donors (Lipinski definition) is 3. The minimum Gasteiger partial charge on any atom is -0.494 e. The first kappa shape index (κ1) is 21.9. The summed E-state index contributed by atoms with van der Waals surface area (Å²) in [6.07, 6.45) is 1.08. The Balaban J connectivity index is 1.62. The van der Waals surface area contributed by atoms with Gasteiger partial charge in [-0.15, -0.1) is 0 Å². The van der Waals surface area contributed by atoms with E-state index in [0.717, 1.165) is 50.6 Å².